The Hall–Kier alpha value is -2.50. The molecule has 0 radical (unpaired) electrons. The van der Waals surface area contributed by atoms with Crippen LogP contribution in [-0.4, -0.2) is 31.2 Å². The molecule has 2 N–H and O–H groups in total. The van der Waals surface area contributed by atoms with Crippen LogP contribution in [0.4, 0.5) is 19.6 Å². The van der Waals surface area contributed by atoms with Gasteiger partial charge in [-0.05, 0) is 6.42 Å². The number of rotatable bonds is 6. The van der Waals surface area contributed by atoms with E-state index >= 15 is 0 Å². The Balaban J connectivity index is 2.23. The SMILES string of the molecule is CCCc1[nH]nc(C(=O)Nc2nnc(C(F)F)s2)c1[N+](=O)[O-]. The summed E-state index contributed by atoms with van der Waals surface area (Å²) in [6, 6.07) is 0. The second kappa shape index (κ2) is 6.51. The summed E-state index contributed by atoms with van der Waals surface area (Å²) < 4.78 is 24.8. The smallest absolute Gasteiger partial charge is 0.295 e. The van der Waals surface area contributed by atoms with Crippen molar-refractivity contribution in [1.82, 2.24) is 20.4 Å². The minimum atomic E-state index is -2.81. The normalized spacial score (nSPS) is 10.9. The lowest BCUT2D eigenvalue weighted by molar-refractivity contribution is -0.385. The van der Waals surface area contributed by atoms with Crippen molar-refractivity contribution in [2.24, 2.45) is 0 Å². The molecule has 0 fully saturated rings. The second-order valence-corrected chi connectivity index (χ2v) is 5.12. The van der Waals surface area contributed by atoms with Gasteiger partial charge in [-0.25, -0.2) is 8.78 Å². The molecule has 0 unspecified atom stereocenters. The Kier molecular flexibility index (Phi) is 4.70. The maximum atomic E-state index is 12.4. The maximum Gasteiger partial charge on any atom is 0.322 e. The van der Waals surface area contributed by atoms with Gasteiger partial charge in [0, 0.05) is 0 Å². The number of anilines is 1. The lowest BCUT2D eigenvalue weighted by atomic mass is 10.2. The predicted octanol–water partition coefficient (Wildman–Crippen LogP) is 2.31. The van der Waals surface area contributed by atoms with E-state index in [2.05, 4.69) is 25.7 Å². The van der Waals surface area contributed by atoms with E-state index in [0.29, 0.717) is 24.2 Å². The number of aryl methyl sites for hydroxylation is 1. The van der Waals surface area contributed by atoms with Crippen molar-refractivity contribution < 1.29 is 18.5 Å². The number of nitrogens with zero attached hydrogens (tertiary/aromatic N) is 4. The van der Waals surface area contributed by atoms with Crippen LogP contribution in [-0.2, 0) is 6.42 Å². The van der Waals surface area contributed by atoms with Crippen molar-refractivity contribution in [1.29, 1.82) is 0 Å². The lowest BCUT2D eigenvalue weighted by Crippen LogP contribution is -2.14. The molecule has 0 aliphatic rings. The van der Waals surface area contributed by atoms with Gasteiger partial charge < -0.3 is 0 Å². The van der Waals surface area contributed by atoms with Crippen LogP contribution >= 0.6 is 11.3 Å². The van der Waals surface area contributed by atoms with Gasteiger partial charge in [0.15, 0.2) is 5.01 Å². The molecular formula is C10H10F2N6O3S. The van der Waals surface area contributed by atoms with Crippen molar-refractivity contribution in [3.63, 3.8) is 0 Å². The second-order valence-electron chi connectivity index (χ2n) is 4.11. The minimum Gasteiger partial charge on any atom is -0.295 e. The predicted molar refractivity (Wildman–Crippen MR) is 72.1 cm³/mol. The first-order valence-electron chi connectivity index (χ1n) is 6.08. The van der Waals surface area contributed by atoms with E-state index < -0.39 is 33.6 Å². The number of halogens is 2. The van der Waals surface area contributed by atoms with E-state index in [-0.39, 0.29) is 10.8 Å². The highest BCUT2D eigenvalue weighted by atomic mass is 32.1. The molecule has 1 amide bonds. The Morgan fingerprint density at radius 3 is 2.77 bits per heavy atom. The van der Waals surface area contributed by atoms with Crippen LogP contribution in [0.5, 0.6) is 0 Å². The molecule has 22 heavy (non-hydrogen) atoms. The van der Waals surface area contributed by atoms with Gasteiger partial charge >= 0.3 is 5.69 Å². The van der Waals surface area contributed by atoms with Crippen molar-refractivity contribution in [3.05, 3.63) is 26.5 Å². The maximum absolute atomic E-state index is 12.4. The van der Waals surface area contributed by atoms with Crippen molar-refractivity contribution >= 4 is 28.1 Å². The standard InChI is InChI=1S/C10H10F2N6O3S/c1-2-3-4-6(18(20)21)5(15-14-4)8(19)13-10-17-16-9(22-10)7(11)12/h7H,2-3H2,1H3,(H,14,15)(H,13,17,19). The molecule has 118 valence electrons. The van der Waals surface area contributed by atoms with Gasteiger partial charge in [0.25, 0.3) is 12.3 Å². The molecule has 0 saturated heterocycles. The third-order valence-corrected chi connectivity index (χ3v) is 3.40. The van der Waals surface area contributed by atoms with Gasteiger partial charge in [-0.15, -0.1) is 10.2 Å². The fourth-order valence-electron chi connectivity index (χ4n) is 1.68. The van der Waals surface area contributed by atoms with Crippen molar-refractivity contribution in [3.8, 4) is 0 Å². The molecule has 0 atom stereocenters. The van der Waals surface area contributed by atoms with E-state index in [0.717, 1.165) is 0 Å². The summed E-state index contributed by atoms with van der Waals surface area (Å²) in [6.07, 6.45) is -1.83. The van der Waals surface area contributed by atoms with Crippen LogP contribution in [0.15, 0.2) is 0 Å². The number of aromatic nitrogens is 4. The number of alkyl halides is 2. The zero-order valence-corrected chi connectivity index (χ0v) is 12.0. The fraction of sp³-hybridized carbons (Fsp3) is 0.400. The lowest BCUT2D eigenvalue weighted by Gasteiger charge is -1.98. The van der Waals surface area contributed by atoms with Crippen LogP contribution in [0.1, 0.15) is 41.0 Å². The highest BCUT2D eigenvalue weighted by Gasteiger charge is 2.29. The Bertz CT molecular complexity index is 701. The monoisotopic (exact) mass is 332 g/mol. The van der Waals surface area contributed by atoms with Gasteiger partial charge in [-0.1, -0.05) is 24.7 Å². The molecule has 0 aliphatic heterocycles. The fourth-order valence-corrected chi connectivity index (χ4v) is 2.28. The van der Waals surface area contributed by atoms with E-state index in [1.54, 1.807) is 0 Å². The Labute approximate surface area is 125 Å². The van der Waals surface area contributed by atoms with Crippen LogP contribution in [0.3, 0.4) is 0 Å². The summed E-state index contributed by atoms with van der Waals surface area (Å²) >= 11 is 0.483. The van der Waals surface area contributed by atoms with Crippen LogP contribution in [0.25, 0.3) is 0 Å². The molecular weight excluding hydrogens is 322 g/mol. The number of nitro groups is 1. The minimum absolute atomic E-state index is 0.186. The molecule has 0 aromatic carbocycles. The zero-order valence-electron chi connectivity index (χ0n) is 11.2. The van der Waals surface area contributed by atoms with E-state index in [9.17, 15) is 23.7 Å². The number of carbonyl (C=O) groups excluding carboxylic acids is 1. The summed E-state index contributed by atoms with van der Waals surface area (Å²) in [6.45, 7) is 1.82. The van der Waals surface area contributed by atoms with E-state index in [1.165, 1.54) is 0 Å². The third kappa shape index (κ3) is 3.21. The molecule has 12 heteroatoms. The van der Waals surface area contributed by atoms with Gasteiger partial charge in [-0.2, -0.15) is 5.10 Å². The van der Waals surface area contributed by atoms with E-state index in [4.69, 9.17) is 0 Å². The molecule has 2 rings (SSSR count). The third-order valence-electron chi connectivity index (χ3n) is 2.56. The Morgan fingerprint density at radius 2 is 2.23 bits per heavy atom. The first-order chi connectivity index (χ1) is 10.4. The number of hydrogen-bond acceptors (Lipinski definition) is 7. The Morgan fingerprint density at radius 1 is 1.50 bits per heavy atom. The summed E-state index contributed by atoms with van der Waals surface area (Å²) in [5, 5.41) is 25.1. The number of nitrogens with one attached hydrogen (secondary N) is 2. The molecule has 2 heterocycles. The molecule has 0 spiro atoms. The molecule has 2 aromatic rings. The molecule has 0 saturated carbocycles. The summed E-state index contributed by atoms with van der Waals surface area (Å²) in [5.41, 5.74) is -0.636. The number of amides is 1. The van der Waals surface area contributed by atoms with Crippen LogP contribution < -0.4 is 5.32 Å². The highest BCUT2D eigenvalue weighted by Crippen LogP contribution is 2.27. The number of aromatic amines is 1. The summed E-state index contributed by atoms with van der Waals surface area (Å²) in [5.74, 6) is -0.915. The first-order valence-corrected chi connectivity index (χ1v) is 6.90. The molecule has 2 aromatic heterocycles. The highest BCUT2D eigenvalue weighted by molar-refractivity contribution is 7.15. The van der Waals surface area contributed by atoms with E-state index in [1.807, 2.05) is 6.92 Å². The van der Waals surface area contributed by atoms with Gasteiger partial charge in [0.2, 0.25) is 10.8 Å². The molecule has 0 aliphatic carbocycles. The number of hydrogen-bond donors (Lipinski definition) is 2. The average molecular weight is 332 g/mol. The largest absolute Gasteiger partial charge is 0.322 e. The number of carbonyl (C=O) groups is 1. The average Bonchev–Trinajstić information content (AvgIpc) is 3.05. The number of H-pyrrole nitrogens is 1. The van der Waals surface area contributed by atoms with Crippen molar-refractivity contribution in [2.75, 3.05) is 5.32 Å². The van der Waals surface area contributed by atoms with Gasteiger partial charge in [0.1, 0.15) is 5.69 Å². The zero-order chi connectivity index (χ0) is 16.3. The van der Waals surface area contributed by atoms with Gasteiger partial charge in [0.05, 0.1) is 4.92 Å². The van der Waals surface area contributed by atoms with Crippen LogP contribution in [0.2, 0.25) is 0 Å². The quantitative estimate of drug-likeness (QED) is 0.617. The molecule has 0 bridgehead atoms. The summed E-state index contributed by atoms with van der Waals surface area (Å²) in [7, 11) is 0. The topological polar surface area (TPSA) is 127 Å². The summed E-state index contributed by atoms with van der Waals surface area (Å²) in [4.78, 5) is 22.3. The van der Waals surface area contributed by atoms with Gasteiger partial charge in [-0.3, -0.25) is 25.3 Å². The molecule has 9 nitrogen and oxygen atoms in total. The first kappa shape index (κ1) is 15.9. The van der Waals surface area contributed by atoms with Crippen molar-refractivity contribution in [2.45, 2.75) is 26.2 Å². The van der Waals surface area contributed by atoms with Crippen LogP contribution in [0, 0.1) is 10.1 Å².